The van der Waals surface area contributed by atoms with E-state index in [4.69, 9.17) is 4.52 Å². The zero-order valence-electron chi connectivity index (χ0n) is 10.4. The average molecular weight is 225 g/mol. The van der Waals surface area contributed by atoms with Gasteiger partial charge in [0.05, 0.1) is 13.0 Å². The molecule has 0 radical (unpaired) electrons. The third-order valence-corrected chi connectivity index (χ3v) is 1.95. The van der Waals surface area contributed by atoms with Crippen molar-refractivity contribution in [1.29, 1.82) is 0 Å². The van der Waals surface area contributed by atoms with Crippen LogP contribution in [0.5, 0.6) is 0 Å². The topological polar surface area (TPSA) is 59.2 Å². The molecule has 0 spiro atoms. The summed E-state index contributed by atoms with van der Waals surface area (Å²) in [5.41, 5.74) is 0. The van der Waals surface area contributed by atoms with Gasteiger partial charge < -0.3 is 9.42 Å². The Morgan fingerprint density at radius 2 is 2.12 bits per heavy atom. The molecule has 0 aliphatic heterocycles. The van der Waals surface area contributed by atoms with Gasteiger partial charge in [-0.3, -0.25) is 4.79 Å². The van der Waals surface area contributed by atoms with Crippen molar-refractivity contribution < 1.29 is 9.32 Å². The van der Waals surface area contributed by atoms with Crippen LogP contribution in [0.15, 0.2) is 4.52 Å². The van der Waals surface area contributed by atoms with Crippen molar-refractivity contribution in [3.8, 4) is 0 Å². The smallest absolute Gasteiger partial charge is 0.234 e. The summed E-state index contributed by atoms with van der Waals surface area (Å²) in [5, 5.41) is 3.81. The van der Waals surface area contributed by atoms with E-state index in [1.165, 1.54) is 0 Å². The SMILES string of the molecule is CC(C)CC(=O)Cc1nc(CN(C)C)no1. The maximum atomic E-state index is 11.5. The normalized spacial score (nSPS) is 11.4. The van der Waals surface area contributed by atoms with E-state index < -0.39 is 0 Å². The molecule has 0 saturated carbocycles. The Bertz CT molecular complexity index is 345. The summed E-state index contributed by atoms with van der Waals surface area (Å²) >= 11 is 0. The first-order chi connectivity index (χ1) is 7.47. The van der Waals surface area contributed by atoms with Gasteiger partial charge in [-0.05, 0) is 20.0 Å². The first kappa shape index (κ1) is 12.8. The molecule has 0 aromatic carbocycles. The van der Waals surface area contributed by atoms with Gasteiger partial charge in [0, 0.05) is 6.42 Å². The molecule has 90 valence electrons. The summed E-state index contributed by atoms with van der Waals surface area (Å²) in [5.74, 6) is 1.56. The lowest BCUT2D eigenvalue weighted by Crippen LogP contribution is -2.12. The zero-order chi connectivity index (χ0) is 12.1. The second-order valence-electron chi connectivity index (χ2n) is 4.66. The summed E-state index contributed by atoms with van der Waals surface area (Å²) in [6.07, 6.45) is 0.810. The number of carbonyl (C=O) groups is 1. The highest BCUT2D eigenvalue weighted by molar-refractivity contribution is 5.80. The molecule has 0 N–H and O–H groups in total. The Balaban J connectivity index is 2.48. The molecule has 0 bridgehead atoms. The summed E-state index contributed by atoms with van der Waals surface area (Å²) in [7, 11) is 3.86. The first-order valence-corrected chi connectivity index (χ1v) is 5.45. The van der Waals surface area contributed by atoms with Crippen LogP contribution < -0.4 is 0 Å². The minimum absolute atomic E-state index is 0.148. The molecule has 5 heteroatoms. The third kappa shape index (κ3) is 4.53. The van der Waals surface area contributed by atoms with Crippen LogP contribution in [-0.2, 0) is 17.8 Å². The summed E-state index contributed by atoms with van der Waals surface area (Å²) in [4.78, 5) is 17.6. The van der Waals surface area contributed by atoms with E-state index in [-0.39, 0.29) is 12.2 Å². The van der Waals surface area contributed by atoms with Gasteiger partial charge in [-0.25, -0.2) is 0 Å². The van der Waals surface area contributed by atoms with Crippen molar-refractivity contribution >= 4 is 5.78 Å². The monoisotopic (exact) mass is 225 g/mol. The highest BCUT2D eigenvalue weighted by Crippen LogP contribution is 2.06. The number of nitrogens with zero attached hydrogens (tertiary/aromatic N) is 3. The lowest BCUT2D eigenvalue weighted by atomic mass is 10.1. The predicted octanol–water partition coefficient (Wildman–Crippen LogP) is 1.29. The zero-order valence-corrected chi connectivity index (χ0v) is 10.4. The van der Waals surface area contributed by atoms with Gasteiger partial charge in [0.15, 0.2) is 5.82 Å². The Hall–Kier alpha value is -1.23. The quantitative estimate of drug-likeness (QED) is 0.730. The van der Waals surface area contributed by atoms with Gasteiger partial charge in [0.1, 0.15) is 5.78 Å². The number of Topliss-reactive ketones (excluding diaryl/α,β-unsaturated/α-hetero) is 1. The van der Waals surface area contributed by atoms with Crippen LogP contribution in [0.2, 0.25) is 0 Å². The van der Waals surface area contributed by atoms with Crippen LogP contribution in [0.25, 0.3) is 0 Å². The average Bonchev–Trinajstić information content (AvgIpc) is 2.49. The summed E-state index contributed by atoms with van der Waals surface area (Å²) < 4.78 is 5.01. The number of aromatic nitrogens is 2. The lowest BCUT2D eigenvalue weighted by Gasteiger charge is -2.03. The van der Waals surface area contributed by atoms with Gasteiger partial charge in [-0.1, -0.05) is 19.0 Å². The molecule has 1 rings (SSSR count). The molecule has 0 saturated heterocycles. The number of rotatable bonds is 6. The number of hydrogen-bond donors (Lipinski definition) is 0. The fourth-order valence-electron chi connectivity index (χ4n) is 1.41. The van der Waals surface area contributed by atoms with Gasteiger partial charge in [0.25, 0.3) is 0 Å². The molecule has 1 aromatic heterocycles. The molecule has 0 amide bonds. The summed E-state index contributed by atoms with van der Waals surface area (Å²) in [6, 6.07) is 0. The molecule has 0 unspecified atom stereocenters. The Kier molecular flexibility index (Phi) is 4.61. The van der Waals surface area contributed by atoms with Crippen LogP contribution in [0.1, 0.15) is 32.0 Å². The van der Waals surface area contributed by atoms with Crippen molar-refractivity contribution in [1.82, 2.24) is 15.0 Å². The molecule has 1 aromatic rings. The maximum absolute atomic E-state index is 11.5. The Morgan fingerprint density at radius 1 is 1.44 bits per heavy atom. The van der Waals surface area contributed by atoms with Gasteiger partial charge in [-0.15, -0.1) is 0 Å². The predicted molar refractivity (Wildman–Crippen MR) is 59.9 cm³/mol. The Morgan fingerprint density at radius 3 is 2.69 bits per heavy atom. The van der Waals surface area contributed by atoms with E-state index in [0.717, 1.165) is 0 Å². The maximum Gasteiger partial charge on any atom is 0.234 e. The van der Waals surface area contributed by atoms with Gasteiger partial charge in [-0.2, -0.15) is 4.98 Å². The minimum atomic E-state index is 0.148. The largest absolute Gasteiger partial charge is 0.339 e. The van der Waals surface area contributed by atoms with E-state index >= 15 is 0 Å². The van der Waals surface area contributed by atoms with Gasteiger partial charge >= 0.3 is 0 Å². The first-order valence-electron chi connectivity index (χ1n) is 5.45. The molecular weight excluding hydrogens is 206 g/mol. The van der Waals surface area contributed by atoms with Gasteiger partial charge in [0.2, 0.25) is 5.89 Å². The molecule has 0 fully saturated rings. The standard InChI is InChI=1S/C11H19N3O2/c1-8(2)5-9(15)6-11-12-10(13-16-11)7-14(3)4/h8H,5-7H2,1-4H3. The molecule has 0 atom stereocenters. The Labute approximate surface area is 95.8 Å². The fourth-order valence-corrected chi connectivity index (χ4v) is 1.41. The molecule has 16 heavy (non-hydrogen) atoms. The van der Waals surface area contributed by atoms with Crippen molar-refractivity contribution in [2.45, 2.75) is 33.2 Å². The number of hydrogen-bond acceptors (Lipinski definition) is 5. The summed E-state index contributed by atoms with van der Waals surface area (Å²) in [6.45, 7) is 4.66. The second kappa shape index (κ2) is 5.75. The van der Waals surface area contributed by atoms with Crippen molar-refractivity contribution in [3.05, 3.63) is 11.7 Å². The molecule has 1 heterocycles. The van der Waals surface area contributed by atoms with Crippen LogP contribution in [0.4, 0.5) is 0 Å². The van der Waals surface area contributed by atoms with E-state index in [1.807, 2.05) is 32.8 Å². The van der Waals surface area contributed by atoms with Crippen molar-refractivity contribution in [2.24, 2.45) is 5.92 Å². The van der Waals surface area contributed by atoms with Crippen LogP contribution in [0.3, 0.4) is 0 Å². The molecule has 0 aliphatic rings. The minimum Gasteiger partial charge on any atom is -0.339 e. The highest BCUT2D eigenvalue weighted by Gasteiger charge is 2.12. The van der Waals surface area contributed by atoms with E-state index in [1.54, 1.807) is 0 Å². The third-order valence-electron chi connectivity index (χ3n) is 1.95. The highest BCUT2D eigenvalue weighted by atomic mass is 16.5. The van der Waals surface area contributed by atoms with E-state index in [9.17, 15) is 4.79 Å². The van der Waals surface area contributed by atoms with E-state index in [2.05, 4.69) is 10.1 Å². The molecular formula is C11H19N3O2. The van der Waals surface area contributed by atoms with Crippen molar-refractivity contribution in [3.63, 3.8) is 0 Å². The number of ketones is 1. The van der Waals surface area contributed by atoms with Crippen LogP contribution >= 0.6 is 0 Å². The number of carbonyl (C=O) groups excluding carboxylic acids is 1. The van der Waals surface area contributed by atoms with Crippen LogP contribution in [0, 0.1) is 5.92 Å². The van der Waals surface area contributed by atoms with Crippen LogP contribution in [-0.4, -0.2) is 34.9 Å². The molecule has 0 aliphatic carbocycles. The second-order valence-corrected chi connectivity index (χ2v) is 4.66. The fraction of sp³-hybridized carbons (Fsp3) is 0.727. The van der Waals surface area contributed by atoms with E-state index in [0.29, 0.717) is 30.6 Å². The van der Waals surface area contributed by atoms with Crippen molar-refractivity contribution in [2.75, 3.05) is 14.1 Å². The lowest BCUT2D eigenvalue weighted by molar-refractivity contribution is -0.119. The molecule has 5 nitrogen and oxygen atoms in total.